The van der Waals surface area contributed by atoms with Gasteiger partial charge in [-0.3, -0.25) is 4.72 Å². The fourth-order valence-electron chi connectivity index (χ4n) is 2.73. The van der Waals surface area contributed by atoms with Gasteiger partial charge in [-0.2, -0.15) is 0 Å². The van der Waals surface area contributed by atoms with Gasteiger partial charge in [0.05, 0.1) is 4.90 Å². The molecule has 0 amide bonds. The summed E-state index contributed by atoms with van der Waals surface area (Å²) in [5.74, 6) is 0.421. The molecule has 0 saturated carbocycles. The fraction of sp³-hybridized carbons (Fsp3) is 0.368. The minimum absolute atomic E-state index is 0.392. The largest absolute Gasteiger partial charge is 0.280 e. The molecule has 3 nitrogen and oxygen atoms in total. The van der Waals surface area contributed by atoms with Gasteiger partial charge in [-0.25, -0.2) is 8.42 Å². The molecule has 0 heterocycles. The van der Waals surface area contributed by atoms with Crippen LogP contribution < -0.4 is 4.72 Å². The Labute approximate surface area is 139 Å². The highest BCUT2D eigenvalue weighted by Crippen LogP contribution is 2.28. The van der Waals surface area contributed by atoms with Crippen molar-refractivity contribution in [1.82, 2.24) is 0 Å². The summed E-state index contributed by atoms with van der Waals surface area (Å²) < 4.78 is 28.4. The molecule has 2 rings (SSSR count). The molecule has 0 aromatic heterocycles. The maximum Gasteiger partial charge on any atom is 0.262 e. The van der Waals surface area contributed by atoms with E-state index in [1.165, 1.54) is 5.56 Å². The molecule has 0 radical (unpaired) electrons. The Balaban J connectivity index is 2.44. The molecule has 23 heavy (non-hydrogen) atoms. The molecule has 0 spiro atoms. The maximum atomic E-state index is 12.9. The van der Waals surface area contributed by atoms with Gasteiger partial charge >= 0.3 is 0 Å². The zero-order chi connectivity index (χ0) is 17.4. The van der Waals surface area contributed by atoms with Crippen LogP contribution in [0.15, 0.2) is 35.2 Å². The number of hydrogen-bond donors (Lipinski definition) is 1. The summed E-state index contributed by atoms with van der Waals surface area (Å²) >= 11 is 0. The third-order valence-electron chi connectivity index (χ3n) is 4.40. The highest BCUT2D eigenvalue weighted by atomic mass is 32.2. The van der Waals surface area contributed by atoms with Gasteiger partial charge < -0.3 is 0 Å². The molecule has 0 atom stereocenters. The normalized spacial score (nSPS) is 11.8. The third kappa shape index (κ3) is 3.58. The predicted molar refractivity (Wildman–Crippen MR) is 96.7 cm³/mol. The number of benzene rings is 2. The standard InChI is InChI=1S/C19H25NO2S/c1-12(2)17-7-9-18(10-8-17)20-23(21,22)19-15(5)13(3)11-14(4)16(19)6/h7-12,20H,1-6H3. The molecule has 0 unspecified atom stereocenters. The maximum absolute atomic E-state index is 12.9. The molecule has 4 heteroatoms. The van der Waals surface area contributed by atoms with Crippen molar-refractivity contribution in [2.75, 3.05) is 4.72 Å². The second kappa shape index (κ2) is 6.36. The molecule has 1 N–H and O–H groups in total. The van der Waals surface area contributed by atoms with Crippen molar-refractivity contribution in [3.63, 3.8) is 0 Å². The minimum Gasteiger partial charge on any atom is -0.280 e. The van der Waals surface area contributed by atoms with Gasteiger partial charge in [-0.15, -0.1) is 0 Å². The van der Waals surface area contributed by atoms with E-state index < -0.39 is 10.0 Å². The monoisotopic (exact) mass is 331 g/mol. The number of hydrogen-bond acceptors (Lipinski definition) is 2. The van der Waals surface area contributed by atoms with Crippen LogP contribution in [0.1, 0.15) is 47.6 Å². The van der Waals surface area contributed by atoms with E-state index >= 15 is 0 Å². The first-order chi connectivity index (χ1) is 10.6. The third-order valence-corrected chi connectivity index (χ3v) is 6.05. The van der Waals surface area contributed by atoms with Gasteiger partial charge in [0.1, 0.15) is 0 Å². The summed E-state index contributed by atoms with van der Waals surface area (Å²) in [6.07, 6.45) is 0. The predicted octanol–water partition coefficient (Wildman–Crippen LogP) is 4.84. The van der Waals surface area contributed by atoms with E-state index in [1.807, 2.05) is 58.0 Å². The van der Waals surface area contributed by atoms with E-state index in [0.29, 0.717) is 16.5 Å². The molecule has 0 saturated heterocycles. The quantitative estimate of drug-likeness (QED) is 0.871. The first-order valence-corrected chi connectivity index (χ1v) is 9.32. The average molecular weight is 331 g/mol. The van der Waals surface area contributed by atoms with E-state index in [0.717, 1.165) is 22.3 Å². The van der Waals surface area contributed by atoms with Crippen LogP contribution in [0.5, 0.6) is 0 Å². The van der Waals surface area contributed by atoms with E-state index in [1.54, 1.807) is 0 Å². The first kappa shape index (κ1) is 17.5. The van der Waals surface area contributed by atoms with Gasteiger partial charge in [-0.1, -0.05) is 32.0 Å². The molecule has 0 aliphatic carbocycles. The van der Waals surface area contributed by atoms with Crippen LogP contribution in [-0.2, 0) is 10.0 Å². The van der Waals surface area contributed by atoms with Crippen molar-refractivity contribution in [3.8, 4) is 0 Å². The summed E-state index contributed by atoms with van der Waals surface area (Å²) in [6, 6.07) is 9.59. The van der Waals surface area contributed by atoms with Crippen molar-refractivity contribution in [2.24, 2.45) is 0 Å². The molecule has 2 aromatic rings. The number of nitrogens with one attached hydrogen (secondary N) is 1. The average Bonchev–Trinajstić information content (AvgIpc) is 2.45. The Kier molecular flexibility index (Phi) is 4.85. The Bertz CT molecular complexity index is 793. The summed E-state index contributed by atoms with van der Waals surface area (Å²) in [7, 11) is -3.60. The van der Waals surface area contributed by atoms with Crippen LogP contribution in [-0.4, -0.2) is 8.42 Å². The van der Waals surface area contributed by atoms with Crippen LogP contribution in [0.3, 0.4) is 0 Å². The highest BCUT2D eigenvalue weighted by Gasteiger charge is 2.22. The van der Waals surface area contributed by atoms with E-state index in [4.69, 9.17) is 0 Å². The van der Waals surface area contributed by atoms with E-state index in [2.05, 4.69) is 18.6 Å². The number of aryl methyl sites for hydroxylation is 2. The molecular weight excluding hydrogens is 306 g/mol. The number of sulfonamides is 1. The van der Waals surface area contributed by atoms with Gasteiger partial charge in [0.25, 0.3) is 10.0 Å². The zero-order valence-electron chi connectivity index (χ0n) is 14.7. The van der Waals surface area contributed by atoms with Crippen molar-refractivity contribution >= 4 is 15.7 Å². The zero-order valence-corrected chi connectivity index (χ0v) is 15.5. The van der Waals surface area contributed by atoms with Gasteiger partial charge in [0.2, 0.25) is 0 Å². The Morgan fingerprint density at radius 3 is 1.78 bits per heavy atom. The van der Waals surface area contributed by atoms with Crippen molar-refractivity contribution in [2.45, 2.75) is 52.4 Å². The molecule has 0 bridgehead atoms. The molecule has 0 aliphatic rings. The minimum atomic E-state index is -3.60. The van der Waals surface area contributed by atoms with Gasteiger partial charge in [0.15, 0.2) is 0 Å². The summed E-state index contributed by atoms with van der Waals surface area (Å²) in [6.45, 7) is 11.8. The lowest BCUT2D eigenvalue weighted by Gasteiger charge is -2.17. The van der Waals surface area contributed by atoms with Gasteiger partial charge in [0, 0.05) is 5.69 Å². The lowest BCUT2D eigenvalue weighted by molar-refractivity contribution is 0.599. The summed E-state index contributed by atoms with van der Waals surface area (Å²) in [5, 5.41) is 0. The second-order valence-corrected chi connectivity index (χ2v) is 8.09. The fourth-order valence-corrected chi connectivity index (χ4v) is 4.40. The summed E-state index contributed by atoms with van der Waals surface area (Å²) in [5.41, 5.74) is 5.37. The summed E-state index contributed by atoms with van der Waals surface area (Å²) in [4.78, 5) is 0.392. The molecular formula is C19H25NO2S. The first-order valence-electron chi connectivity index (χ1n) is 7.83. The molecule has 2 aromatic carbocycles. The van der Waals surface area contributed by atoms with Gasteiger partial charge in [-0.05, 0) is 73.6 Å². The van der Waals surface area contributed by atoms with Crippen molar-refractivity contribution < 1.29 is 8.42 Å². The lowest BCUT2D eigenvalue weighted by atomic mass is 10.0. The van der Waals surface area contributed by atoms with Crippen molar-refractivity contribution in [3.05, 3.63) is 58.1 Å². The molecule has 124 valence electrons. The van der Waals surface area contributed by atoms with Crippen LogP contribution in [0, 0.1) is 27.7 Å². The number of rotatable bonds is 4. The number of anilines is 1. The SMILES string of the molecule is Cc1cc(C)c(C)c(S(=O)(=O)Nc2ccc(C(C)C)cc2)c1C. The smallest absolute Gasteiger partial charge is 0.262 e. The Morgan fingerprint density at radius 1 is 0.870 bits per heavy atom. The topological polar surface area (TPSA) is 46.2 Å². The van der Waals surface area contributed by atoms with Crippen LogP contribution >= 0.6 is 0 Å². The van der Waals surface area contributed by atoms with Crippen LogP contribution in [0.4, 0.5) is 5.69 Å². The highest BCUT2D eigenvalue weighted by molar-refractivity contribution is 7.92. The lowest BCUT2D eigenvalue weighted by Crippen LogP contribution is -2.17. The van der Waals surface area contributed by atoms with Crippen LogP contribution in [0.2, 0.25) is 0 Å². The Hall–Kier alpha value is -1.81. The van der Waals surface area contributed by atoms with Crippen molar-refractivity contribution in [1.29, 1.82) is 0 Å². The Morgan fingerprint density at radius 2 is 1.35 bits per heavy atom. The molecule has 0 aliphatic heterocycles. The van der Waals surface area contributed by atoms with E-state index in [-0.39, 0.29) is 0 Å². The van der Waals surface area contributed by atoms with E-state index in [9.17, 15) is 8.42 Å². The van der Waals surface area contributed by atoms with Crippen LogP contribution in [0.25, 0.3) is 0 Å². The molecule has 0 fully saturated rings. The second-order valence-electron chi connectivity index (χ2n) is 6.47.